The number of nitrogens with zero attached hydrogens (tertiary/aromatic N) is 1. The fourth-order valence-corrected chi connectivity index (χ4v) is 4.87. The SMILES string of the molecule is CCCCOc1ccc(C(=O)N2CCC3(CC2)CC(=O)c2cc(C)cc(C)c2O3)cc1OCC. The van der Waals surface area contributed by atoms with Gasteiger partial charge in [0, 0.05) is 31.5 Å². The van der Waals surface area contributed by atoms with Crippen molar-refractivity contribution in [1.29, 1.82) is 0 Å². The molecule has 6 heteroatoms. The van der Waals surface area contributed by atoms with Crippen LogP contribution in [0.15, 0.2) is 30.3 Å². The molecule has 0 saturated carbocycles. The van der Waals surface area contributed by atoms with Gasteiger partial charge in [0.15, 0.2) is 17.3 Å². The number of benzene rings is 2. The van der Waals surface area contributed by atoms with Crippen LogP contribution in [0.3, 0.4) is 0 Å². The van der Waals surface area contributed by atoms with Crippen LogP contribution in [-0.4, -0.2) is 48.5 Å². The van der Waals surface area contributed by atoms with Crippen LogP contribution in [0, 0.1) is 13.8 Å². The summed E-state index contributed by atoms with van der Waals surface area (Å²) in [5, 5.41) is 0. The molecule has 1 spiro atoms. The number of hydrogen-bond acceptors (Lipinski definition) is 5. The van der Waals surface area contributed by atoms with E-state index < -0.39 is 5.60 Å². The van der Waals surface area contributed by atoms with Crippen molar-refractivity contribution >= 4 is 11.7 Å². The largest absolute Gasteiger partial charge is 0.490 e. The molecule has 4 rings (SSSR count). The third-order valence-corrected chi connectivity index (χ3v) is 6.73. The van der Waals surface area contributed by atoms with Crippen LogP contribution in [0.2, 0.25) is 0 Å². The molecule has 2 aromatic carbocycles. The second kappa shape index (κ2) is 10.1. The smallest absolute Gasteiger partial charge is 0.253 e. The van der Waals surface area contributed by atoms with E-state index in [-0.39, 0.29) is 11.7 Å². The van der Waals surface area contributed by atoms with Crippen LogP contribution in [0.25, 0.3) is 0 Å². The lowest BCUT2D eigenvalue weighted by molar-refractivity contribution is -0.00620. The first kappa shape index (κ1) is 24.1. The average Bonchev–Trinajstić information content (AvgIpc) is 2.81. The van der Waals surface area contributed by atoms with Crippen molar-refractivity contribution < 1.29 is 23.8 Å². The van der Waals surface area contributed by atoms with E-state index in [2.05, 4.69) is 13.0 Å². The van der Waals surface area contributed by atoms with Gasteiger partial charge >= 0.3 is 0 Å². The number of carbonyl (C=O) groups excluding carboxylic acids is 2. The van der Waals surface area contributed by atoms with Crippen molar-refractivity contribution in [2.24, 2.45) is 0 Å². The Hall–Kier alpha value is -3.02. The number of rotatable bonds is 7. The van der Waals surface area contributed by atoms with Crippen molar-refractivity contribution in [3.63, 3.8) is 0 Å². The monoisotopic (exact) mass is 465 g/mol. The Morgan fingerprint density at radius 1 is 1.06 bits per heavy atom. The minimum absolute atomic E-state index is 0.0368. The second-order valence-electron chi connectivity index (χ2n) is 9.43. The topological polar surface area (TPSA) is 65.1 Å². The van der Waals surface area contributed by atoms with Crippen LogP contribution in [0.1, 0.15) is 77.8 Å². The predicted molar refractivity (Wildman–Crippen MR) is 131 cm³/mol. The highest BCUT2D eigenvalue weighted by atomic mass is 16.5. The number of fused-ring (bicyclic) bond motifs is 1. The molecule has 0 radical (unpaired) electrons. The highest BCUT2D eigenvalue weighted by molar-refractivity contribution is 6.01. The van der Waals surface area contributed by atoms with Gasteiger partial charge in [-0.25, -0.2) is 0 Å². The first-order valence-corrected chi connectivity index (χ1v) is 12.4. The second-order valence-corrected chi connectivity index (χ2v) is 9.43. The van der Waals surface area contributed by atoms with Crippen molar-refractivity contribution in [1.82, 2.24) is 4.90 Å². The lowest BCUT2D eigenvalue weighted by atomic mass is 9.81. The molecule has 0 atom stereocenters. The van der Waals surface area contributed by atoms with Gasteiger partial charge in [0.05, 0.1) is 25.2 Å². The average molecular weight is 466 g/mol. The molecule has 34 heavy (non-hydrogen) atoms. The van der Waals surface area contributed by atoms with Gasteiger partial charge in [0.25, 0.3) is 5.91 Å². The molecule has 2 aliphatic heterocycles. The quantitative estimate of drug-likeness (QED) is 0.504. The highest BCUT2D eigenvalue weighted by Crippen LogP contribution is 2.41. The Morgan fingerprint density at radius 2 is 1.82 bits per heavy atom. The standard InChI is InChI=1S/C28H35NO5/c1-5-7-14-33-24-9-8-21(17-25(24)32-6-2)27(31)29-12-10-28(11-13-29)18-23(30)22-16-19(3)15-20(4)26(22)34-28/h8-9,15-17H,5-7,10-14,18H2,1-4H3. The van der Waals surface area contributed by atoms with E-state index in [9.17, 15) is 9.59 Å². The molecular weight excluding hydrogens is 430 g/mol. The van der Waals surface area contributed by atoms with Gasteiger partial charge in [-0.15, -0.1) is 0 Å². The van der Waals surface area contributed by atoms with Crippen molar-refractivity contribution in [2.45, 2.75) is 65.4 Å². The minimum Gasteiger partial charge on any atom is -0.490 e. The van der Waals surface area contributed by atoms with Crippen LogP contribution < -0.4 is 14.2 Å². The van der Waals surface area contributed by atoms with Gasteiger partial charge in [-0.05, 0) is 62.6 Å². The summed E-state index contributed by atoms with van der Waals surface area (Å²) in [4.78, 5) is 28.1. The molecule has 1 fully saturated rings. The number of ether oxygens (including phenoxy) is 3. The molecule has 2 aromatic rings. The molecule has 2 heterocycles. The summed E-state index contributed by atoms with van der Waals surface area (Å²) in [6.45, 7) is 10.2. The van der Waals surface area contributed by atoms with Gasteiger partial charge in [-0.1, -0.05) is 19.4 Å². The third-order valence-electron chi connectivity index (χ3n) is 6.73. The maximum absolute atomic E-state index is 13.3. The Kier molecular flexibility index (Phi) is 7.15. The van der Waals surface area contributed by atoms with Crippen molar-refractivity contribution in [3.8, 4) is 17.2 Å². The molecule has 1 amide bonds. The number of likely N-dealkylation sites (tertiary alicyclic amines) is 1. The fraction of sp³-hybridized carbons (Fsp3) is 0.500. The number of amides is 1. The summed E-state index contributed by atoms with van der Waals surface area (Å²) < 4.78 is 18.1. The number of aryl methyl sites for hydroxylation is 2. The molecule has 0 unspecified atom stereocenters. The Bertz CT molecular complexity index is 1070. The summed E-state index contributed by atoms with van der Waals surface area (Å²) in [5.41, 5.74) is 2.79. The van der Waals surface area contributed by atoms with E-state index in [1.807, 2.05) is 37.8 Å². The van der Waals surface area contributed by atoms with E-state index in [1.54, 1.807) is 12.1 Å². The molecule has 0 aromatic heterocycles. The zero-order chi connectivity index (χ0) is 24.3. The van der Waals surface area contributed by atoms with E-state index >= 15 is 0 Å². The number of ketones is 1. The van der Waals surface area contributed by atoms with Crippen molar-refractivity contribution in [3.05, 3.63) is 52.6 Å². The van der Waals surface area contributed by atoms with Gasteiger partial charge in [-0.3, -0.25) is 9.59 Å². The number of unbranched alkanes of at least 4 members (excludes halogenated alkanes) is 1. The first-order chi connectivity index (χ1) is 16.4. The Morgan fingerprint density at radius 3 is 2.53 bits per heavy atom. The molecule has 6 nitrogen and oxygen atoms in total. The first-order valence-electron chi connectivity index (χ1n) is 12.4. The lowest BCUT2D eigenvalue weighted by Gasteiger charge is -2.44. The summed E-state index contributed by atoms with van der Waals surface area (Å²) in [6, 6.07) is 9.38. The Balaban J connectivity index is 1.45. The normalized spacial score (nSPS) is 16.7. The minimum atomic E-state index is -0.533. The lowest BCUT2D eigenvalue weighted by Crippen LogP contribution is -2.52. The Labute approximate surface area is 202 Å². The zero-order valence-corrected chi connectivity index (χ0v) is 20.7. The summed E-state index contributed by atoms with van der Waals surface area (Å²) in [5.74, 6) is 2.07. The van der Waals surface area contributed by atoms with Gasteiger partial charge < -0.3 is 19.1 Å². The van der Waals surface area contributed by atoms with Gasteiger partial charge in [-0.2, -0.15) is 0 Å². The molecule has 1 saturated heterocycles. The molecule has 0 N–H and O–H groups in total. The van der Waals surface area contributed by atoms with Crippen LogP contribution in [0.4, 0.5) is 0 Å². The van der Waals surface area contributed by atoms with Crippen LogP contribution in [0.5, 0.6) is 17.2 Å². The van der Waals surface area contributed by atoms with Crippen LogP contribution in [-0.2, 0) is 0 Å². The molecule has 0 bridgehead atoms. The molecule has 182 valence electrons. The predicted octanol–water partition coefficient (Wildman–Crippen LogP) is 5.52. The molecule has 2 aliphatic rings. The number of hydrogen-bond donors (Lipinski definition) is 0. The van der Waals surface area contributed by atoms with E-state index in [1.165, 1.54) is 0 Å². The van der Waals surface area contributed by atoms with E-state index in [4.69, 9.17) is 14.2 Å². The maximum atomic E-state index is 13.3. The number of carbonyl (C=O) groups is 2. The summed E-state index contributed by atoms with van der Waals surface area (Å²) in [6.07, 6.45) is 3.65. The van der Waals surface area contributed by atoms with Gasteiger partial charge in [0.2, 0.25) is 0 Å². The van der Waals surface area contributed by atoms with E-state index in [0.29, 0.717) is 73.9 Å². The molecular formula is C28H35NO5. The van der Waals surface area contributed by atoms with Crippen molar-refractivity contribution in [2.75, 3.05) is 26.3 Å². The third kappa shape index (κ3) is 4.91. The van der Waals surface area contributed by atoms with Crippen LogP contribution >= 0.6 is 0 Å². The zero-order valence-electron chi connectivity index (χ0n) is 20.7. The number of piperidine rings is 1. The fourth-order valence-electron chi connectivity index (χ4n) is 4.87. The van der Waals surface area contributed by atoms with E-state index in [0.717, 1.165) is 24.0 Å². The van der Waals surface area contributed by atoms with Gasteiger partial charge in [0.1, 0.15) is 11.4 Å². The number of Topliss-reactive ketones (excluding diaryl/α,β-unsaturated/α-hetero) is 1. The molecule has 0 aliphatic carbocycles. The maximum Gasteiger partial charge on any atom is 0.253 e. The highest BCUT2D eigenvalue weighted by Gasteiger charge is 2.44. The summed E-state index contributed by atoms with van der Waals surface area (Å²) in [7, 11) is 0. The summed E-state index contributed by atoms with van der Waals surface area (Å²) >= 11 is 0.